The second-order valence-electron chi connectivity index (χ2n) is 5.10. The molecule has 0 spiro atoms. The van der Waals surface area contributed by atoms with Gasteiger partial charge in [0.1, 0.15) is 6.04 Å². The molecule has 25 heavy (non-hydrogen) atoms. The Kier molecular flexibility index (Phi) is 6.94. The number of alkyl halides is 3. The van der Waals surface area contributed by atoms with Crippen LogP contribution in [0.25, 0.3) is 0 Å². The Labute approximate surface area is 142 Å². The molecule has 1 unspecified atom stereocenters. The van der Waals surface area contributed by atoms with Crippen molar-refractivity contribution in [3.05, 3.63) is 29.8 Å². The minimum absolute atomic E-state index is 0.0287. The van der Waals surface area contributed by atoms with E-state index < -0.39 is 40.5 Å². The molecule has 0 saturated carbocycles. The summed E-state index contributed by atoms with van der Waals surface area (Å²) >= 11 is 0. The lowest BCUT2D eigenvalue weighted by molar-refractivity contribution is -0.159. The number of sulfonamides is 1. The fourth-order valence-electron chi connectivity index (χ4n) is 1.92. The maximum absolute atomic E-state index is 12.3. The van der Waals surface area contributed by atoms with Crippen molar-refractivity contribution in [1.82, 2.24) is 10.0 Å². The number of nitrogens with one attached hydrogen (secondary N) is 2. The Morgan fingerprint density at radius 1 is 1.20 bits per heavy atom. The number of hydrogen-bond acceptors (Lipinski definition) is 4. The van der Waals surface area contributed by atoms with E-state index in [0.29, 0.717) is 5.56 Å². The van der Waals surface area contributed by atoms with E-state index in [2.05, 4.69) is 4.72 Å². The summed E-state index contributed by atoms with van der Waals surface area (Å²) in [7, 11) is -3.66. The van der Waals surface area contributed by atoms with Gasteiger partial charge in [-0.15, -0.1) is 0 Å². The molecule has 0 aromatic heterocycles. The molecule has 140 valence electrons. The highest BCUT2D eigenvalue weighted by molar-refractivity contribution is 7.89. The molecule has 1 aromatic carbocycles. The van der Waals surface area contributed by atoms with E-state index in [1.165, 1.54) is 24.3 Å². The summed E-state index contributed by atoms with van der Waals surface area (Å²) in [5, 5.41) is 10.5. The monoisotopic (exact) mass is 382 g/mol. The zero-order valence-corrected chi connectivity index (χ0v) is 13.9. The van der Waals surface area contributed by atoms with Crippen LogP contribution in [0.3, 0.4) is 0 Å². The summed E-state index contributed by atoms with van der Waals surface area (Å²) in [6.07, 6.45) is -6.81. The predicted octanol–water partition coefficient (Wildman–Crippen LogP) is 1.05. The Balaban J connectivity index is 2.75. The molecule has 1 atom stereocenters. The first-order chi connectivity index (χ1) is 11.4. The zero-order chi connectivity index (χ0) is 19.3. The van der Waals surface area contributed by atoms with Crippen LogP contribution in [0.4, 0.5) is 13.2 Å². The number of aliphatic carboxylic acids is 1. The normalized spacial score (nSPS) is 13.3. The number of carboxylic acid groups (broad SMARTS) is 1. The summed E-state index contributed by atoms with van der Waals surface area (Å²) in [6.45, 7) is 1.80. The van der Waals surface area contributed by atoms with E-state index in [1.807, 2.05) is 0 Å². The molecule has 1 rings (SSSR count). The smallest absolute Gasteiger partial charge is 0.391 e. The minimum atomic E-state index is -4.74. The first-order valence-electron chi connectivity index (χ1n) is 7.12. The van der Waals surface area contributed by atoms with Gasteiger partial charge in [-0.3, -0.25) is 4.79 Å². The van der Waals surface area contributed by atoms with Gasteiger partial charge in [0.05, 0.1) is 17.7 Å². The van der Waals surface area contributed by atoms with Crippen LogP contribution in [0.1, 0.15) is 18.9 Å². The lowest BCUT2D eigenvalue weighted by Gasteiger charge is -2.16. The van der Waals surface area contributed by atoms with Crippen LogP contribution in [0.5, 0.6) is 0 Å². The van der Waals surface area contributed by atoms with Crippen molar-refractivity contribution in [3.8, 4) is 0 Å². The van der Waals surface area contributed by atoms with Crippen molar-refractivity contribution >= 4 is 21.9 Å². The number of amides is 1. The molecule has 0 bridgehead atoms. The van der Waals surface area contributed by atoms with E-state index in [-0.39, 0.29) is 17.9 Å². The SMILES string of the molecule is CCNS(=O)(=O)c1ccc(CC(=O)NC(CC(F)(F)F)C(=O)O)cc1. The maximum atomic E-state index is 12.3. The van der Waals surface area contributed by atoms with Gasteiger partial charge in [0.15, 0.2) is 0 Å². The highest BCUT2D eigenvalue weighted by Gasteiger charge is 2.36. The first-order valence-corrected chi connectivity index (χ1v) is 8.60. The van der Waals surface area contributed by atoms with E-state index in [4.69, 9.17) is 5.11 Å². The van der Waals surface area contributed by atoms with Gasteiger partial charge in [-0.25, -0.2) is 17.9 Å². The third kappa shape index (κ3) is 7.10. The summed E-state index contributed by atoms with van der Waals surface area (Å²) in [5.41, 5.74) is 0.323. The van der Waals surface area contributed by atoms with E-state index in [0.717, 1.165) is 0 Å². The van der Waals surface area contributed by atoms with Crippen molar-refractivity contribution in [3.63, 3.8) is 0 Å². The molecule has 0 radical (unpaired) electrons. The topological polar surface area (TPSA) is 113 Å². The van der Waals surface area contributed by atoms with Crippen LogP contribution in [0, 0.1) is 0 Å². The first kappa shape index (κ1) is 20.9. The summed E-state index contributed by atoms with van der Waals surface area (Å²) in [4.78, 5) is 22.5. The standard InChI is InChI=1S/C14H17F3N2O5S/c1-2-18-25(23,24)10-5-3-9(4-6-10)7-12(20)19-11(13(21)22)8-14(15,16)17/h3-6,11,18H,2,7-8H2,1H3,(H,19,20)(H,21,22). The Hall–Kier alpha value is -2.14. The largest absolute Gasteiger partial charge is 0.480 e. The molecule has 1 aromatic rings. The molecule has 0 aliphatic rings. The third-order valence-corrected chi connectivity index (χ3v) is 4.56. The van der Waals surface area contributed by atoms with Gasteiger partial charge in [-0.2, -0.15) is 13.2 Å². The van der Waals surface area contributed by atoms with Crippen LogP contribution in [-0.2, 0) is 26.0 Å². The fraction of sp³-hybridized carbons (Fsp3) is 0.429. The molecule has 0 aliphatic heterocycles. The van der Waals surface area contributed by atoms with Crippen LogP contribution in [-0.4, -0.2) is 44.2 Å². The van der Waals surface area contributed by atoms with E-state index in [9.17, 15) is 31.2 Å². The molecule has 1 amide bonds. The van der Waals surface area contributed by atoms with Crippen molar-refractivity contribution in [2.24, 2.45) is 0 Å². The van der Waals surface area contributed by atoms with Crippen molar-refractivity contribution in [2.75, 3.05) is 6.54 Å². The minimum Gasteiger partial charge on any atom is -0.480 e. The number of carbonyl (C=O) groups excluding carboxylic acids is 1. The van der Waals surface area contributed by atoms with Gasteiger partial charge in [0.2, 0.25) is 15.9 Å². The number of benzene rings is 1. The highest BCUT2D eigenvalue weighted by Crippen LogP contribution is 2.21. The molecule has 0 heterocycles. The van der Waals surface area contributed by atoms with Crippen LogP contribution in [0.2, 0.25) is 0 Å². The number of halogens is 3. The summed E-state index contributed by atoms with van der Waals surface area (Å²) in [5.74, 6) is -2.71. The average Bonchev–Trinajstić information content (AvgIpc) is 2.45. The van der Waals surface area contributed by atoms with Crippen LogP contribution in [0.15, 0.2) is 29.2 Å². The van der Waals surface area contributed by atoms with Gasteiger partial charge in [-0.05, 0) is 17.7 Å². The predicted molar refractivity (Wildman–Crippen MR) is 81.2 cm³/mol. The van der Waals surface area contributed by atoms with Crippen molar-refractivity contribution in [1.29, 1.82) is 0 Å². The molecule has 11 heteroatoms. The highest BCUT2D eigenvalue weighted by atomic mass is 32.2. The number of hydrogen-bond donors (Lipinski definition) is 3. The number of carboxylic acids is 1. The second-order valence-corrected chi connectivity index (χ2v) is 6.87. The van der Waals surface area contributed by atoms with E-state index >= 15 is 0 Å². The molecule has 0 fully saturated rings. The van der Waals surface area contributed by atoms with Crippen LogP contribution >= 0.6 is 0 Å². The van der Waals surface area contributed by atoms with Gasteiger partial charge in [-0.1, -0.05) is 19.1 Å². The average molecular weight is 382 g/mol. The maximum Gasteiger partial charge on any atom is 0.391 e. The Bertz CT molecular complexity index is 717. The molecule has 0 saturated heterocycles. The number of carbonyl (C=O) groups is 2. The summed E-state index contributed by atoms with van der Waals surface area (Å²) in [6, 6.07) is 3.05. The quantitative estimate of drug-likeness (QED) is 0.622. The molecular weight excluding hydrogens is 365 g/mol. The fourth-order valence-corrected chi connectivity index (χ4v) is 2.96. The van der Waals surface area contributed by atoms with Gasteiger partial charge >= 0.3 is 12.1 Å². The van der Waals surface area contributed by atoms with Crippen molar-refractivity contribution in [2.45, 2.75) is 36.9 Å². The second kappa shape index (κ2) is 8.30. The van der Waals surface area contributed by atoms with Gasteiger partial charge in [0.25, 0.3) is 0 Å². The summed E-state index contributed by atoms with van der Waals surface area (Å²) < 4.78 is 62.6. The lowest BCUT2D eigenvalue weighted by Crippen LogP contribution is -2.44. The molecule has 3 N–H and O–H groups in total. The van der Waals surface area contributed by atoms with Crippen molar-refractivity contribution < 1.29 is 36.3 Å². The molecule has 0 aliphatic carbocycles. The third-order valence-electron chi connectivity index (χ3n) is 3.00. The zero-order valence-electron chi connectivity index (χ0n) is 13.1. The Morgan fingerprint density at radius 3 is 2.20 bits per heavy atom. The van der Waals surface area contributed by atoms with Gasteiger partial charge < -0.3 is 10.4 Å². The Morgan fingerprint density at radius 2 is 1.76 bits per heavy atom. The van der Waals surface area contributed by atoms with E-state index in [1.54, 1.807) is 12.2 Å². The lowest BCUT2D eigenvalue weighted by atomic mass is 10.1. The molecule has 7 nitrogen and oxygen atoms in total. The molecular formula is C14H17F3N2O5S. The van der Waals surface area contributed by atoms with Gasteiger partial charge in [0, 0.05) is 6.54 Å². The number of rotatable bonds is 8. The van der Waals surface area contributed by atoms with Crippen LogP contribution < -0.4 is 10.0 Å².